The summed E-state index contributed by atoms with van der Waals surface area (Å²) in [6.45, 7) is 5.28. The highest BCUT2D eigenvalue weighted by atomic mass is 16.5. The molecule has 0 heterocycles. The van der Waals surface area contributed by atoms with Gasteiger partial charge in [0.15, 0.2) is 0 Å². The lowest BCUT2D eigenvalue weighted by Crippen LogP contribution is -1.98. The van der Waals surface area contributed by atoms with Gasteiger partial charge in [-0.15, -0.1) is 0 Å². The van der Waals surface area contributed by atoms with E-state index in [-0.39, 0.29) is 0 Å². The van der Waals surface area contributed by atoms with Gasteiger partial charge in [0.1, 0.15) is 24.7 Å². The van der Waals surface area contributed by atoms with Crippen LogP contribution in [0.25, 0.3) is 0 Å². The quantitative estimate of drug-likeness (QED) is 0.600. The van der Waals surface area contributed by atoms with Gasteiger partial charge in [0.05, 0.1) is 0 Å². The Balaban J connectivity index is 1.51. The Hall–Kier alpha value is -2.74. The predicted octanol–water partition coefficient (Wildman–Crippen LogP) is 5.46. The van der Waals surface area contributed by atoms with Crippen LogP contribution in [-0.4, -0.2) is 0 Å². The maximum Gasteiger partial charge on any atom is 0.119 e. The standard InChI is InChI=1S/C22H22O2/c1-17-3-11-21(12-4-17)23-15-19-7-9-20(10-8-19)16-24-22-13-5-18(2)6-14-22/h3-14H,15-16H2,1-2H3. The van der Waals surface area contributed by atoms with Crippen molar-refractivity contribution in [2.24, 2.45) is 0 Å². The smallest absolute Gasteiger partial charge is 0.119 e. The highest BCUT2D eigenvalue weighted by Gasteiger charge is 1.99. The van der Waals surface area contributed by atoms with Crippen LogP contribution in [-0.2, 0) is 13.2 Å². The molecule has 0 fully saturated rings. The van der Waals surface area contributed by atoms with Crippen molar-refractivity contribution in [3.8, 4) is 11.5 Å². The van der Waals surface area contributed by atoms with E-state index in [9.17, 15) is 0 Å². The van der Waals surface area contributed by atoms with E-state index in [0.717, 1.165) is 22.6 Å². The fourth-order valence-corrected chi connectivity index (χ4v) is 2.33. The van der Waals surface area contributed by atoms with Crippen molar-refractivity contribution in [2.75, 3.05) is 0 Å². The molecule has 0 amide bonds. The molecule has 0 radical (unpaired) electrons. The Bertz CT molecular complexity index is 688. The van der Waals surface area contributed by atoms with Crippen LogP contribution in [0.3, 0.4) is 0 Å². The van der Waals surface area contributed by atoms with E-state index >= 15 is 0 Å². The second-order valence-electron chi connectivity index (χ2n) is 6.02. The summed E-state index contributed by atoms with van der Waals surface area (Å²) in [5.41, 5.74) is 4.77. The SMILES string of the molecule is Cc1ccc(OCc2ccc(COc3ccc(C)cc3)cc2)cc1. The van der Waals surface area contributed by atoms with Gasteiger partial charge in [-0.05, 0) is 49.2 Å². The molecule has 3 aromatic rings. The van der Waals surface area contributed by atoms with Crippen LogP contribution in [0, 0.1) is 13.8 Å². The van der Waals surface area contributed by atoms with Crippen molar-refractivity contribution in [3.05, 3.63) is 95.1 Å². The summed E-state index contributed by atoms with van der Waals surface area (Å²) in [6, 6.07) is 24.6. The van der Waals surface area contributed by atoms with Gasteiger partial charge in [-0.3, -0.25) is 0 Å². The first-order valence-electron chi connectivity index (χ1n) is 8.16. The molecule has 0 N–H and O–H groups in total. The monoisotopic (exact) mass is 318 g/mol. The molecule has 0 bridgehead atoms. The first kappa shape index (κ1) is 16.1. The summed E-state index contributed by atoms with van der Waals surface area (Å²) in [6.07, 6.45) is 0. The topological polar surface area (TPSA) is 18.5 Å². The van der Waals surface area contributed by atoms with E-state index in [1.165, 1.54) is 11.1 Å². The Labute approximate surface area is 143 Å². The van der Waals surface area contributed by atoms with Crippen molar-refractivity contribution >= 4 is 0 Å². The molecule has 0 unspecified atom stereocenters. The summed E-state index contributed by atoms with van der Waals surface area (Å²) < 4.78 is 11.6. The lowest BCUT2D eigenvalue weighted by molar-refractivity contribution is 0.302. The fourth-order valence-electron chi connectivity index (χ4n) is 2.33. The third kappa shape index (κ3) is 4.63. The maximum absolute atomic E-state index is 5.80. The number of rotatable bonds is 6. The van der Waals surface area contributed by atoms with Crippen LogP contribution < -0.4 is 9.47 Å². The Morgan fingerprint density at radius 1 is 0.500 bits per heavy atom. The first-order valence-corrected chi connectivity index (χ1v) is 8.16. The van der Waals surface area contributed by atoms with Gasteiger partial charge in [0.25, 0.3) is 0 Å². The molecule has 0 atom stereocenters. The zero-order chi connectivity index (χ0) is 16.8. The minimum Gasteiger partial charge on any atom is -0.489 e. The van der Waals surface area contributed by atoms with Crippen LogP contribution >= 0.6 is 0 Å². The van der Waals surface area contributed by atoms with Crippen molar-refractivity contribution in [2.45, 2.75) is 27.1 Å². The molecule has 0 aliphatic heterocycles. The molecule has 0 saturated carbocycles. The molecular formula is C22H22O2. The molecular weight excluding hydrogens is 296 g/mol. The zero-order valence-electron chi connectivity index (χ0n) is 14.2. The maximum atomic E-state index is 5.80. The van der Waals surface area contributed by atoms with Crippen LogP contribution in [0.5, 0.6) is 11.5 Å². The van der Waals surface area contributed by atoms with Crippen molar-refractivity contribution in [3.63, 3.8) is 0 Å². The molecule has 2 nitrogen and oxygen atoms in total. The lowest BCUT2D eigenvalue weighted by Gasteiger charge is -2.09. The molecule has 0 spiro atoms. The van der Waals surface area contributed by atoms with Crippen molar-refractivity contribution < 1.29 is 9.47 Å². The summed E-state index contributed by atoms with van der Waals surface area (Å²) in [7, 11) is 0. The van der Waals surface area contributed by atoms with Gasteiger partial charge in [-0.2, -0.15) is 0 Å². The van der Waals surface area contributed by atoms with E-state index < -0.39 is 0 Å². The van der Waals surface area contributed by atoms with E-state index in [1.807, 2.05) is 24.3 Å². The Morgan fingerprint density at radius 2 is 0.833 bits per heavy atom. The molecule has 0 saturated heterocycles. The lowest BCUT2D eigenvalue weighted by atomic mass is 10.1. The highest BCUT2D eigenvalue weighted by molar-refractivity contribution is 5.29. The highest BCUT2D eigenvalue weighted by Crippen LogP contribution is 2.16. The minimum atomic E-state index is 0.572. The first-order chi connectivity index (χ1) is 11.7. The number of benzene rings is 3. The molecule has 3 aromatic carbocycles. The molecule has 3 rings (SSSR count). The van der Waals surface area contributed by atoms with Gasteiger partial charge < -0.3 is 9.47 Å². The van der Waals surface area contributed by atoms with Crippen LogP contribution in [0.1, 0.15) is 22.3 Å². The van der Waals surface area contributed by atoms with Gasteiger partial charge in [0.2, 0.25) is 0 Å². The average Bonchev–Trinajstić information content (AvgIpc) is 2.62. The van der Waals surface area contributed by atoms with Crippen LogP contribution in [0.15, 0.2) is 72.8 Å². The largest absolute Gasteiger partial charge is 0.489 e. The molecule has 0 aromatic heterocycles. The van der Waals surface area contributed by atoms with Gasteiger partial charge in [-0.25, -0.2) is 0 Å². The predicted molar refractivity (Wildman–Crippen MR) is 97.5 cm³/mol. The summed E-state index contributed by atoms with van der Waals surface area (Å²) in [5.74, 6) is 1.79. The van der Waals surface area contributed by atoms with Gasteiger partial charge in [0, 0.05) is 0 Å². The zero-order valence-corrected chi connectivity index (χ0v) is 14.2. The number of ether oxygens (including phenoxy) is 2. The molecule has 24 heavy (non-hydrogen) atoms. The summed E-state index contributed by atoms with van der Waals surface area (Å²) in [4.78, 5) is 0. The normalized spacial score (nSPS) is 10.4. The Morgan fingerprint density at radius 3 is 1.17 bits per heavy atom. The number of hydrogen-bond acceptors (Lipinski definition) is 2. The molecule has 122 valence electrons. The van der Waals surface area contributed by atoms with E-state index in [0.29, 0.717) is 13.2 Å². The van der Waals surface area contributed by atoms with Crippen LogP contribution in [0.2, 0.25) is 0 Å². The summed E-state index contributed by atoms with van der Waals surface area (Å²) in [5, 5.41) is 0. The van der Waals surface area contributed by atoms with E-state index in [4.69, 9.17) is 9.47 Å². The summed E-state index contributed by atoms with van der Waals surface area (Å²) >= 11 is 0. The molecule has 2 heteroatoms. The van der Waals surface area contributed by atoms with Crippen molar-refractivity contribution in [1.82, 2.24) is 0 Å². The molecule has 0 aliphatic rings. The average molecular weight is 318 g/mol. The minimum absolute atomic E-state index is 0.572. The third-order valence-electron chi connectivity index (χ3n) is 3.88. The molecule has 0 aliphatic carbocycles. The second-order valence-corrected chi connectivity index (χ2v) is 6.02. The van der Waals surface area contributed by atoms with Crippen LogP contribution in [0.4, 0.5) is 0 Å². The number of hydrogen-bond donors (Lipinski definition) is 0. The van der Waals surface area contributed by atoms with Crippen molar-refractivity contribution in [1.29, 1.82) is 0 Å². The van der Waals surface area contributed by atoms with Gasteiger partial charge in [-0.1, -0.05) is 59.7 Å². The second kappa shape index (κ2) is 7.69. The van der Waals surface area contributed by atoms with E-state index in [2.05, 4.69) is 62.4 Å². The number of aryl methyl sites for hydroxylation is 2. The van der Waals surface area contributed by atoms with Gasteiger partial charge >= 0.3 is 0 Å². The Kier molecular flexibility index (Phi) is 5.17. The third-order valence-corrected chi connectivity index (χ3v) is 3.88. The van der Waals surface area contributed by atoms with E-state index in [1.54, 1.807) is 0 Å². The fraction of sp³-hybridized carbons (Fsp3) is 0.182.